The number of anilines is 1. The molecule has 0 aliphatic carbocycles. The van der Waals surface area contributed by atoms with E-state index in [0.717, 1.165) is 12.1 Å². The second-order valence-corrected chi connectivity index (χ2v) is 3.71. The fraction of sp³-hybridized carbons (Fsp3) is 0.364. The zero-order valence-electron chi connectivity index (χ0n) is 10.1. The Kier molecular flexibility index (Phi) is 4.79. The summed E-state index contributed by atoms with van der Waals surface area (Å²) in [5.41, 5.74) is 5.18. The molecule has 1 aromatic carbocycles. The molecular formula is C11H14N2O6. The number of nitrogens with two attached hydrogens (primary N) is 1. The quantitative estimate of drug-likeness (QED) is 0.299. The zero-order valence-corrected chi connectivity index (χ0v) is 10.1. The molecule has 1 aromatic rings. The topological polar surface area (TPSA) is 136 Å². The number of benzene rings is 1. The van der Waals surface area contributed by atoms with Crippen LogP contribution in [0.25, 0.3) is 0 Å². The number of aliphatic hydroxyl groups excluding tert-OH is 2. The van der Waals surface area contributed by atoms with Gasteiger partial charge in [0.25, 0.3) is 5.69 Å². The van der Waals surface area contributed by atoms with Crippen LogP contribution in [0.4, 0.5) is 11.4 Å². The van der Waals surface area contributed by atoms with Gasteiger partial charge in [0.1, 0.15) is 6.10 Å². The summed E-state index contributed by atoms with van der Waals surface area (Å²) in [6.07, 6.45) is -3.55. The SMILES string of the molecule is CCOC(=O)C(O)C(O)c1cc([N+](=O)[O-])ccc1N. The maximum atomic E-state index is 11.3. The Hall–Kier alpha value is -2.19. The molecule has 0 bridgehead atoms. The van der Waals surface area contributed by atoms with Gasteiger partial charge in [-0.25, -0.2) is 4.79 Å². The molecule has 0 heterocycles. The number of hydrogen-bond acceptors (Lipinski definition) is 7. The Morgan fingerprint density at radius 1 is 1.53 bits per heavy atom. The average Bonchev–Trinajstić information content (AvgIpc) is 2.37. The van der Waals surface area contributed by atoms with Gasteiger partial charge in [0.05, 0.1) is 11.5 Å². The molecule has 1 rings (SSSR count). The van der Waals surface area contributed by atoms with E-state index in [0.29, 0.717) is 0 Å². The molecule has 0 spiro atoms. The van der Waals surface area contributed by atoms with Crippen LogP contribution in [0.1, 0.15) is 18.6 Å². The highest BCUT2D eigenvalue weighted by molar-refractivity contribution is 5.76. The molecule has 19 heavy (non-hydrogen) atoms. The average molecular weight is 270 g/mol. The van der Waals surface area contributed by atoms with E-state index in [1.165, 1.54) is 6.07 Å². The van der Waals surface area contributed by atoms with E-state index in [1.54, 1.807) is 6.92 Å². The maximum Gasteiger partial charge on any atom is 0.338 e. The minimum absolute atomic E-state index is 0.0291. The number of nitro benzene ring substituents is 1. The lowest BCUT2D eigenvalue weighted by molar-refractivity contribution is -0.385. The molecule has 0 aliphatic heterocycles. The fourth-order valence-corrected chi connectivity index (χ4v) is 1.46. The predicted molar refractivity (Wildman–Crippen MR) is 65.1 cm³/mol. The molecule has 0 saturated carbocycles. The highest BCUT2D eigenvalue weighted by atomic mass is 16.6. The molecule has 8 nitrogen and oxygen atoms in total. The van der Waals surface area contributed by atoms with Crippen molar-refractivity contribution in [1.82, 2.24) is 0 Å². The summed E-state index contributed by atoms with van der Waals surface area (Å²) in [5.74, 6) is -1.03. The number of carbonyl (C=O) groups is 1. The van der Waals surface area contributed by atoms with E-state index < -0.39 is 23.1 Å². The van der Waals surface area contributed by atoms with Gasteiger partial charge in [0, 0.05) is 23.4 Å². The highest BCUT2D eigenvalue weighted by Gasteiger charge is 2.29. The summed E-state index contributed by atoms with van der Waals surface area (Å²) < 4.78 is 4.54. The summed E-state index contributed by atoms with van der Waals surface area (Å²) in [7, 11) is 0. The fourth-order valence-electron chi connectivity index (χ4n) is 1.46. The predicted octanol–water partition coefficient (Wildman–Crippen LogP) is 0.134. The molecule has 4 N–H and O–H groups in total. The summed E-state index contributed by atoms with van der Waals surface area (Å²) in [6, 6.07) is 3.37. The van der Waals surface area contributed by atoms with E-state index in [4.69, 9.17) is 5.73 Å². The first-order chi connectivity index (χ1) is 8.88. The third-order valence-electron chi connectivity index (χ3n) is 2.43. The molecule has 104 valence electrons. The molecule has 8 heteroatoms. The van der Waals surface area contributed by atoms with E-state index in [-0.39, 0.29) is 23.5 Å². The largest absolute Gasteiger partial charge is 0.464 e. The molecule has 2 unspecified atom stereocenters. The van der Waals surface area contributed by atoms with Crippen LogP contribution >= 0.6 is 0 Å². The number of hydrogen-bond donors (Lipinski definition) is 3. The first-order valence-electron chi connectivity index (χ1n) is 5.45. The number of nitrogen functional groups attached to an aromatic ring is 1. The Morgan fingerprint density at radius 3 is 2.68 bits per heavy atom. The number of nitro groups is 1. The first kappa shape index (κ1) is 14.9. The van der Waals surface area contributed by atoms with Crippen LogP contribution in [0.5, 0.6) is 0 Å². The third kappa shape index (κ3) is 3.39. The first-order valence-corrected chi connectivity index (χ1v) is 5.45. The standard InChI is InChI=1S/C11H14N2O6/c1-2-19-11(16)10(15)9(14)7-5-6(13(17)18)3-4-8(7)12/h3-5,9-10,14-15H,2,12H2,1H3. The molecule has 0 aromatic heterocycles. The number of rotatable bonds is 5. The highest BCUT2D eigenvalue weighted by Crippen LogP contribution is 2.27. The lowest BCUT2D eigenvalue weighted by Gasteiger charge is -2.18. The van der Waals surface area contributed by atoms with Gasteiger partial charge in [-0.15, -0.1) is 0 Å². The smallest absolute Gasteiger partial charge is 0.338 e. The molecule has 0 aliphatic rings. The number of ether oxygens (including phenoxy) is 1. The van der Waals surface area contributed by atoms with Crippen LogP contribution in [0, 0.1) is 10.1 Å². The van der Waals surface area contributed by atoms with Crippen LogP contribution in [0.15, 0.2) is 18.2 Å². The van der Waals surface area contributed by atoms with Gasteiger partial charge in [-0.2, -0.15) is 0 Å². The van der Waals surface area contributed by atoms with Crippen LogP contribution in [0.3, 0.4) is 0 Å². The van der Waals surface area contributed by atoms with Gasteiger partial charge >= 0.3 is 5.97 Å². The normalized spacial score (nSPS) is 13.6. The van der Waals surface area contributed by atoms with Gasteiger partial charge in [0.15, 0.2) is 6.10 Å². The van der Waals surface area contributed by atoms with Gasteiger partial charge in [-0.1, -0.05) is 0 Å². The monoisotopic (exact) mass is 270 g/mol. The summed E-state index contributed by atoms with van der Waals surface area (Å²) in [4.78, 5) is 21.2. The molecule has 0 fully saturated rings. The van der Waals surface area contributed by atoms with Crippen LogP contribution in [0.2, 0.25) is 0 Å². The van der Waals surface area contributed by atoms with Crippen LogP contribution in [-0.4, -0.2) is 33.8 Å². The van der Waals surface area contributed by atoms with Gasteiger partial charge in [-0.3, -0.25) is 10.1 Å². The summed E-state index contributed by atoms with van der Waals surface area (Å²) >= 11 is 0. The lowest BCUT2D eigenvalue weighted by Crippen LogP contribution is -2.30. The number of nitrogens with zero attached hydrogens (tertiary/aromatic N) is 1. The second-order valence-electron chi connectivity index (χ2n) is 3.71. The maximum absolute atomic E-state index is 11.3. The van der Waals surface area contributed by atoms with Crippen LogP contribution < -0.4 is 5.73 Å². The summed E-state index contributed by atoms with van der Waals surface area (Å²) in [5, 5.41) is 30.0. The van der Waals surface area contributed by atoms with Crippen molar-refractivity contribution in [3.05, 3.63) is 33.9 Å². The van der Waals surface area contributed by atoms with Crippen molar-refractivity contribution in [1.29, 1.82) is 0 Å². The van der Waals surface area contributed by atoms with E-state index in [2.05, 4.69) is 4.74 Å². The second kappa shape index (κ2) is 6.12. The van der Waals surface area contributed by atoms with Crippen molar-refractivity contribution < 1.29 is 24.7 Å². The summed E-state index contributed by atoms with van der Waals surface area (Å²) in [6.45, 7) is 1.58. The molecule has 2 atom stereocenters. The van der Waals surface area contributed by atoms with Crippen molar-refractivity contribution in [3.63, 3.8) is 0 Å². The molecule has 0 radical (unpaired) electrons. The van der Waals surface area contributed by atoms with Gasteiger partial charge < -0.3 is 20.7 Å². The van der Waals surface area contributed by atoms with E-state index in [1.807, 2.05) is 0 Å². The van der Waals surface area contributed by atoms with Crippen molar-refractivity contribution in [2.75, 3.05) is 12.3 Å². The van der Waals surface area contributed by atoms with E-state index >= 15 is 0 Å². The number of aliphatic hydroxyl groups is 2. The van der Waals surface area contributed by atoms with E-state index in [9.17, 15) is 25.1 Å². The van der Waals surface area contributed by atoms with Crippen molar-refractivity contribution in [2.24, 2.45) is 0 Å². The minimum Gasteiger partial charge on any atom is -0.464 e. The minimum atomic E-state index is -1.86. The molecule has 0 amide bonds. The Bertz CT molecular complexity index is 490. The lowest BCUT2D eigenvalue weighted by atomic mass is 10.0. The molecule has 0 saturated heterocycles. The number of non-ortho nitro benzene ring substituents is 1. The Labute approximate surface area is 108 Å². The van der Waals surface area contributed by atoms with Gasteiger partial charge in [0.2, 0.25) is 0 Å². The number of esters is 1. The van der Waals surface area contributed by atoms with Crippen molar-refractivity contribution in [2.45, 2.75) is 19.1 Å². The third-order valence-corrected chi connectivity index (χ3v) is 2.43. The Morgan fingerprint density at radius 2 is 2.16 bits per heavy atom. The van der Waals surface area contributed by atoms with Crippen molar-refractivity contribution in [3.8, 4) is 0 Å². The zero-order chi connectivity index (χ0) is 14.6. The van der Waals surface area contributed by atoms with Crippen LogP contribution in [-0.2, 0) is 9.53 Å². The Balaban J connectivity index is 3.04. The molecular weight excluding hydrogens is 256 g/mol. The van der Waals surface area contributed by atoms with Crippen molar-refractivity contribution >= 4 is 17.3 Å². The number of carbonyl (C=O) groups excluding carboxylic acids is 1. The van der Waals surface area contributed by atoms with Gasteiger partial charge in [-0.05, 0) is 13.0 Å².